The molecule has 136 valence electrons. The van der Waals surface area contributed by atoms with E-state index in [1.54, 1.807) is 18.1 Å². The monoisotopic (exact) mass is 360 g/mol. The Labute approximate surface area is 149 Å². The summed E-state index contributed by atoms with van der Waals surface area (Å²) in [5.41, 5.74) is 1.42. The van der Waals surface area contributed by atoms with Crippen LogP contribution in [0.2, 0.25) is 0 Å². The molecule has 0 aliphatic carbocycles. The van der Waals surface area contributed by atoms with Gasteiger partial charge in [0.1, 0.15) is 5.75 Å². The fourth-order valence-corrected chi connectivity index (χ4v) is 2.90. The van der Waals surface area contributed by atoms with Crippen LogP contribution in [0, 0.1) is 15.9 Å². The fourth-order valence-electron chi connectivity index (χ4n) is 2.90. The Morgan fingerprint density at radius 1 is 1.31 bits per heavy atom. The van der Waals surface area contributed by atoms with Gasteiger partial charge in [-0.2, -0.15) is 0 Å². The van der Waals surface area contributed by atoms with Crippen LogP contribution in [0.5, 0.6) is 11.5 Å². The maximum atomic E-state index is 13.9. The van der Waals surface area contributed by atoms with E-state index in [1.165, 1.54) is 0 Å². The molecule has 0 bridgehead atoms. The molecule has 0 aromatic heterocycles. The molecular formula is C18H17FN2O5. The molecular weight excluding hydrogens is 343 g/mol. The third-order valence-corrected chi connectivity index (χ3v) is 4.18. The molecule has 2 aromatic rings. The molecule has 26 heavy (non-hydrogen) atoms. The van der Waals surface area contributed by atoms with E-state index in [2.05, 4.69) is 0 Å². The van der Waals surface area contributed by atoms with E-state index in [-0.39, 0.29) is 24.0 Å². The molecule has 0 radical (unpaired) electrons. The summed E-state index contributed by atoms with van der Waals surface area (Å²) in [4.78, 5) is 24.0. The standard InChI is InChI=1S/C18H17FN2O5/c1-25-14-5-6-16-12(9-14)3-2-8-20(16)18(22)11-26-17-7-4-13(21(23)24)10-15(17)19/h4-7,9-10H,2-3,8,11H2,1H3. The van der Waals surface area contributed by atoms with E-state index < -0.39 is 10.7 Å². The Kier molecular flexibility index (Phi) is 5.01. The molecule has 0 N–H and O–H groups in total. The van der Waals surface area contributed by atoms with Crippen LogP contribution in [0.3, 0.4) is 0 Å². The molecule has 1 aliphatic heterocycles. The van der Waals surface area contributed by atoms with Gasteiger partial charge in [0.05, 0.1) is 18.1 Å². The highest BCUT2D eigenvalue weighted by molar-refractivity contribution is 5.95. The molecule has 0 saturated carbocycles. The Morgan fingerprint density at radius 3 is 2.81 bits per heavy atom. The summed E-state index contributed by atoms with van der Waals surface area (Å²) in [5.74, 6) is -0.664. The van der Waals surface area contributed by atoms with E-state index >= 15 is 0 Å². The van der Waals surface area contributed by atoms with Gasteiger partial charge in [0.2, 0.25) is 0 Å². The van der Waals surface area contributed by atoms with E-state index in [9.17, 15) is 19.3 Å². The molecule has 0 atom stereocenters. The van der Waals surface area contributed by atoms with Crippen molar-refractivity contribution in [3.63, 3.8) is 0 Å². The minimum Gasteiger partial charge on any atom is -0.497 e. The molecule has 0 saturated heterocycles. The molecule has 0 fully saturated rings. The van der Waals surface area contributed by atoms with Gasteiger partial charge >= 0.3 is 0 Å². The topological polar surface area (TPSA) is 81.9 Å². The first-order chi connectivity index (χ1) is 12.5. The van der Waals surface area contributed by atoms with Crippen molar-refractivity contribution in [3.05, 3.63) is 57.9 Å². The number of non-ortho nitro benzene ring substituents is 1. The number of carbonyl (C=O) groups is 1. The Morgan fingerprint density at radius 2 is 2.12 bits per heavy atom. The molecule has 1 heterocycles. The van der Waals surface area contributed by atoms with Gasteiger partial charge in [0, 0.05) is 18.3 Å². The predicted octanol–water partition coefficient (Wildman–Crippen LogP) is 3.10. The molecule has 3 rings (SSSR count). The maximum Gasteiger partial charge on any atom is 0.272 e. The Balaban J connectivity index is 1.71. The number of hydrogen-bond acceptors (Lipinski definition) is 5. The van der Waals surface area contributed by atoms with Gasteiger partial charge in [-0.3, -0.25) is 14.9 Å². The second kappa shape index (κ2) is 7.38. The second-order valence-electron chi connectivity index (χ2n) is 5.80. The van der Waals surface area contributed by atoms with Gasteiger partial charge < -0.3 is 14.4 Å². The number of hydrogen-bond donors (Lipinski definition) is 0. The lowest BCUT2D eigenvalue weighted by Crippen LogP contribution is -2.38. The zero-order chi connectivity index (χ0) is 18.7. The number of nitro benzene ring substituents is 1. The lowest BCUT2D eigenvalue weighted by atomic mass is 10.0. The molecule has 2 aromatic carbocycles. The Hall–Kier alpha value is -3.16. The lowest BCUT2D eigenvalue weighted by Gasteiger charge is -2.29. The number of aryl methyl sites for hydroxylation is 1. The number of fused-ring (bicyclic) bond motifs is 1. The summed E-state index contributed by atoms with van der Waals surface area (Å²) >= 11 is 0. The highest BCUT2D eigenvalue weighted by Gasteiger charge is 2.23. The number of halogens is 1. The van der Waals surface area contributed by atoms with Crippen LogP contribution in [0.1, 0.15) is 12.0 Å². The van der Waals surface area contributed by atoms with Crippen molar-refractivity contribution in [3.8, 4) is 11.5 Å². The highest BCUT2D eigenvalue weighted by atomic mass is 19.1. The van der Waals surface area contributed by atoms with Gasteiger partial charge in [-0.05, 0) is 42.7 Å². The lowest BCUT2D eigenvalue weighted by molar-refractivity contribution is -0.385. The van der Waals surface area contributed by atoms with E-state index in [1.807, 2.05) is 12.1 Å². The van der Waals surface area contributed by atoms with Crippen molar-refractivity contribution in [1.82, 2.24) is 0 Å². The number of nitro groups is 1. The molecule has 8 heteroatoms. The van der Waals surface area contributed by atoms with Crippen molar-refractivity contribution >= 4 is 17.3 Å². The van der Waals surface area contributed by atoms with Crippen molar-refractivity contribution in [2.45, 2.75) is 12.8 Å². The minimum atomic E-state index is -0.879. The average Bonchev–Trinajstić information content (AvgIpc) is 2.65. The van der Waals surface area contributed by atoms with E-state index in [4.69, 9.17) is 9.47 Å². The SMILES string of the molecule is COc1ccc2c(c1)CCCN2C(=O)COc1ccc([N+](=O)[O-])cc1F. The highest BCUT2D eigenvalue weighted by Crippen LogP contribution is 2.31. The number of rotatable bonds is 5. The normalized spacial score (nSPS) is 13.1. The summed E-state index contributed by atoms with van der Waals surface area (Å²) < 4.78 is 24.3. The number of carbonyl (C=O) groups excluding carboxylic acids is 1. The van der Waals surface area contributed by atoms with Crippen molar-refractivity contribution in [1.29, 1.82) is 0 Å². The van der Waals surface area contributed by atoms with Gasteiger partial charge in [-0.25, -0.2) is 4.39 Å². The quantitative estimate of drug-likeness (QED) is 0.604. The first-order valence-electron chi connectivity index (χ1n) is 8.03. The number of ether oxygens (including phenoxy) is 2. The smallest absolute Gasteiger partial charge is 0.272 e. The summed E-state index contributed by atoms with van der Waals surface area (Å²) in [7, 11) is 1.58. The first kappa shape index (κ1) is 17.7. The van der Waals surface area contributed by atoms with Crippen molar-refractivity contribution < 1.29 is 23.6 Å². The molecule has 0 unspecified atom stereocenters. The third kappa shape index (κ3) is 3.58. The summed E-state index contributed by atoms with van der Waals surface area (Å²) in [6, 6.07) is 8.54. The summed E-state index contributed by atoms with van der Waals surface area (Å²) in [6.45, 7) is 0.185. The van der Waals surface area contributed by atoms with E-state index in [0.717, 1.165) is 48.0 Å². The number of nitrogens with zero attached hydrogens (tertiary/aromatic N) is 2. The van der Waals surface area contributed by atoms with E-state index in [0.29, 0.717) is 6.54 Å². The van der Waals surface area contributed by atoms with Crippen LogP contribution in [0.4, 0.5) is 15.8 Å². The van der Waals surface area contributed by atoms with Gasteiger partial charge in [-0.1, -0.05) is 0 Å². The predicted molar refractivity (Wildman–Crippen MR) is 92.2 cm³/mol. The zero-order valence-corrected chi connectivity index (χ0v) is 14.1. The number of anilines is 1. The number of benzene rings is 2. The summed E-state index contributed by atoms with van der Waals surface area (Å²) in [6.07, 6.45) is 1.64. The molecule has 1 aliphatic rings. The van der Waals surface area contributed by atoms with Crippen molar-refractivity contribution in [2.24, 2.45) is 0 Å². The van der Waals surface area contributed by atoms with Crippen LogP contribution in [-0.2, 0) is 11.2 Å². The van der Waals surface area contributed by atoms with Gasteiger partial charge in [-0.15, -0.1) is 0 Å². The minimum absolute atomic E-state index is 0.198. The van der Waals surface area contributed by atoms with Crippen LogP contribution in [0.15, 0.2) is 36.4 Å². The fraction of sp³-hybridized carbons (Fsp3) is 0.278. The van der Waals surface area contributed by atoms with Crippen molar-refractivity contribution in [2.75, 3.05) is 25.2 Å². The largest absolute Gasteiger partial charge is 0.497 e. The number of methoxy groups -OCH3 is 1. The van der Waals surface area contributed by atoms with Gasteiger partial charge in [0.25, 0.3) is 11.6 Å². The van der Waals surface area contributed by atoms with Crippen LogP contribution < -0.4 is 14.4 Å². The summed E-state index contributed by atoms with van der Waals surface area (Å²) in [5, 5.41) is 10.6. The van der Waals surface area contributed by atoms with Crippen LogP contribution in [-0.4, -0.2) is 31.1 Å². The Bertz CT molecular complexity index is 855. The second-order valence-corrected chi connectivity index (χ2v) is 5.80. The average molecular weight is 360 g/mol. The first-order valence-corrected chi connectivity index (χ1v) is 8.03. The van der Waals surface area contributed by atoms with Gasteiger partial charge in [0.15, 0.2) is 18.2 Å². The molecule has 7 nitrogen and oxygen atoms in total. The maximum absolute atomic E-state index is 13.9. The molecule has 1 amide bonds. The molecule has 0 spiro atoms. The number of amides is 1. The van der Waals surface area contributed by atoms with Crippen LogP contribution in [0.25, 0.3) is 0 Å². The van der Waals surface area contributed by atoms with Crippen LogP contribution >= 0.6 is 0 Å². The third-order valence-electron chi connectivity index (χ3n) is 4.18. The zero-order valence-electron chi connectivity index (χ0n) is 14.1.